The standard InChI is InChI=1S/C13H19NO2/c15-12-7-4-8-14(9-12)10-13(16)11-5-2-1-3-6-11/h1-3,5-6,12-13,15-16H,4,7-10H2/t12-,13+/m0/s1. The highest BCUT2D eigenvalue weighted by Crippen LogP contribution is 2.17. The molecule has 1 aromatic carbocycles. The normalized spacial score (nSPS) is 24.2. The second-order valence-corrected chi connectivity index (χ2v) is 4.48. The second-order valence-electron chi connectivity index (χ2n) is 4.48. The summed E-state index contributed by atoms with van der Waals surface area (Å²) in [4.78, 5) is 2.13. The van der Waals surface area contributed by atoms with Crippen LogP contribution in [0.3, 0.4) is 0 Å². The molecule has 0 unspecified atom stereocenters. The Morgan fingerprint density at radius 2 is 2.06 bits per heavy atom. The van der Waals surface area contributed by atoms with Crippen LogP contribution in [0.4, 0.5) is 0 Å². The first-order chi connectivity index (χ1) is 7.75. The summed E-state index contributed by atoms with van der Waals surface area (Å²) in [5.74, 6) is 0. The van der Waals surface area contributed by atoms with Crippen molar-refractivity contribution < 1.29 is 10.2 Å². The molecule has 0 bridgehead atoms. The number of nitrogens with zero attached hydrogens (tertiary/aromatic N) is 1. The minimum Gasteiger partial charge on any atom is -0.392 e. The van der Waals surface area contributed by atoms with Gasteiger partial charge in [-0.05, 0) is 24.9 Å². The van der Waals surface area contributed by atoms with Gasteiger partial charge in [0.05, 0.1) is 12.2 Å². The van der Waals surface area contributed by atoms with Crippen molar-refractivity contribution in [2.24, 2.45) is 0 Å². The monoisotopic (exact) mass is 221 g/mol. The molecule has 0 spiro atoms. The van der Waals surface area contributed by atoms with E-state index in [0.29, 0.717) is 13.1 Å². The van der Waals surface area contributed by atoms with Crippen molar-refractivity contribution in [3.05, 3.63) is 35.9 Å². The number of aliphatic hydroxyl groups excluding tert-OH is 2. The van der Waals surface area contributed by atoms with Crippen LogP contribution in [0.2, 0.25) is 0 Å². The quantitative estimate of drug-likeness (QED) is 0.805. The Kier molecular flexibility index (Phi) is 3.93. The van der Waals surface area contributed by atoms with E-state index < -0.39 is 6.10 Å². The van der Waals surface area contributed by atoms with Crippen molar-refractivity contribution in [3.8, 4) is 0 Å². The van der Waals surface area contributed by atoms with Gasteiger partial charge in [-0.15, -0.1) is 0 Å². The van der Waals surface area contributed by atoms with Gasteiger partial charge in [0, 0.05) is 13.1 Å². The van der Waals surface area contributed by atoms with Crippen LogP contribution in [0.25, 0.3) is 0 Å². The molecule has 88 valence electrons. The molecule has 1 aliphatic rings. The van der Waals surface area contributed by atoms with Gasteiger partial charge in [0.25, 0.3) is 0 Å². The van der Waals surface area contributed by atoms with E-state index >= 15 is 0 Å². The summed E-state index contributed by atoms with van der Waals surface area (Å²) in [6.45, 7) is 2.27. The Labute approximate surface area is 96.3 Å². The van der Waals surface area contributed by atoms with E-state index in [-0.39, 0.29) is 6.10 Å². The molecular formula is C13H19NO2. The molecule has 2 atom stereocenters. The second kappa shape index (κ2) is 5.43. The van der Waals surface area contributed by atoms with Gasteiger partial charge in [-0.1, -0.05) is 30.3 Å². The largest absolute Gasteiger partial charge is 0.392 e. The van der Waals surface area contributed by atoms with Crippen molar-refractivity contribution in [2.75, 3.05) is 19.6 Å². The Morgan fingerprint density at radius 3 is 2.75 bits per heavy atom. The first-order valence-electron chi connectivity index (χ1n) is 5.89. The lowest BCUT2D eigenvalue weighted by molar-refractivity contribution is 0.0392. The third-order valence-electron chi connectivity index (χ3n) is 3.10. The molecule has 1 saturated heterocycles. The lowest BCUT2D eigenvalue weighted by atomic mass is 10.1. The van der Waals surface area contributed by atoms with Crippen LogP contribution >= 0.6 is 0 Å². The van der Waals surface area contributed by atoms with Crippen molar-refractivity contribution in [1.82, 2.24) is 4.90 Å². The highest BCUT2D eigenvalue weighted by atomic mass is 16.3. The Morgan fingerprint density at radius 1 is 1.31 bits per heavy atom. The topological polar surface area (TPSA) is 43.7 Å². The molecule has 3 nitrogen and oxygen atoms in total. The van der Waals surface area contributed by atoms with Crippen LogP contribution in [-0.4, -0.2) is 40.9 Å². The minimum absolute atomic E-state index is 0.225. The molecule has 0 aliphatic carbocycles. The number of piperidine rings is 1. The zero-order valence-corrected chi connectivity index (χ0v) is 9.42. The predicted octanol–water partition coefficient (Wildman–Crippen LogP) is 1.18. The maximum Gasteiger partial charge on any atom is 0.0916 e. The highest BCUT2D eigenvalue weighted by molar-refractivity contribution is 5.17. The van der Waals surface area contributed by atoms with Gasteiger partial charge in [-0.2, -0.15) is 0 Å². The molecule has 0 aromatic heterocycles. The van der Waals surface area contributed by atoms with Crippen LogP contribution in [0.15, 0.2) is 30.3 Å². The van der Waals surface area contributed by atoms with Crippen LogP contribution < -0.4 is 0 Å². The fourth-order valence-corrected chi connectivity index (χ4v) is 2.22. The molecule has 1 aliphatic heterocycles. The molecule has 1 aromatic rings. The third kappa shape index (κ3) is 3.04. The number of hydrogen-bond acceptors (Lipinski definition) is 3. The predicted molar refractivity (Wildman–Crippen MR) is 63.1 cm³/mol. The summed E-state index contributed by atoms with van der Waals surface area (Å²) in [5.41, 5.74) is 0.947. The highest BCUT2D eigenvalue weighted by Gasteiger charge is 2.20. The van der Waals surface area contributed by atoms with Gasteiger partial charge in [0.15, 0.2) is 0 Å². The number of β-amino-alcohol motifs (C(OH)–C–C–N with tert-alkyl or cyclic N) is 2. The van der Waals surface area contributed by atoms with E-state index in [0.717, 1.165) is 24.9 Å². The molecule has 0 saturated carbocycles. The van der Waals surface area contributed by atoms with Gasteiger partial charge in [0.2, 0.25) is 0 Å². The van der Waals surface area contributed by atoms with E-state index in [9.17, 15) is 10.2 Å². The zero-order chi connectivity index (χ0) is 11.4. The van der Waals surface area contributed by atoms with E-state index in [1.165, 1.54) is 0 Å². The SMILES string of the molecule is O[C@H]1CCCN(C[C@@H](O)c2ccccc2)C1. The Balaban J connectivity index is 1.89. The maximum atomic E-state index is 10.0. The van der Waals surface area contributed by atoms with Gasteiger partial charge in [-0.25, -0.2) is 0 Å². The third-order valence-corrected chi connectivity index (χ3v) is 3.10. The van der Waals surface area contributed by atoms with Gasteiger partial charge in [0.1, 0.15) is 0 Å². The number of rotatable bonds is 3. The summed E-state index contributed by atoms with van der Waals surface area (Å²) >= 11 is 0. The van der Waals surface area contributed by atoms with Gasteiger partial charge in [-0.3, -0.25) is 4.90 Å². The van der Waals surface area contributed by atoms with E-state index in [1.807, 2.05) is 30.3 Å². The molecule has 0 radical (unpaired) electrons. The fourth-order valence-electron chi connectivity index (χ4n) is 2.22. The zero-order valence-electron chi connectivity index (χ0n) is 9.42. The lowest BCUT2D eigenvalue weighted by Crippen LogP contribution is -2.40. The van der Waals surface area contributed by atoms with Crippen molar-refractivity contribution in [1.29, 1.82) is 0 Å². The summed E-state index contributed by atoms with van der Waals surface area (Å²) < 4.78 is 0. The van der Waals surface area contributed by atoms with Crippen LogP contribution in [-0.2, 0) is 0 Å². The number of aliphatic hydroxyl groups is 2. The molecule has 2 N–H and O–H groups in total. The summed E-state index contributed by atoms with van der Waals surface area (Å²) in [6.07, 6.45) is 1.23. The van der Waals surface area contributed by atoms with Crippen LogP contribution in [0.5, 0.6) is 0 Å². The smallest absolute Gasteiger partial charge is 0.0916 e. The molecule has 2 rings (SSSR count). The average Bonchev–Trinajstić information content (AvgIpc) is 2.30. The maximum absolute atomic E-state index is 10.0. The molecule has 16 heavy (non-hydrogen) atoms. The average molecular weight is 221 g/mol. The Hall–Kier alpha value is -0.900. The minimum atomic E-state index is -0.452. The summed E-state index contributed by atoms with van der Waals surface area (Å²) in [6, 6.07) is 9.68. The molecule has 3 heteroatoms. The first kappa shape index (κ1) is 11.6. The molecule has 1 fully saturated rings. The summed E-state index contributed by atoms with van der Waals surface area (Å²) in [5, 5.41) is 19.6. The van der Waals surface area contributed by atoms with E-state index in [4.69, 9.17) is 0 Å². The van der Waals surface area contributed by atoms with E-state index in [1.54, 1.807) is 0 Å². The number of likely N-dealkylation sites (tertiary alicyclic amines) is 1. The molecular weight excluding hydrogens is 202 g/mol. The van der Waals surface area contributed by atoms with E-state index in [2.05, 4.69) is 4.90 Å². The lowest BCUT2D eigenvalue weighted by Gasteiger charge is -2.31. The Bertz CT molecular complexity index is 315. The van der Waals surface area contributed by atoms with Crippen LogP contribution in [0, 0.1) is 0 Å². The van der Waals surface area contributed by atoms with Gasteiger partial charge >= 0.3 is 0 Å². The molecule has 1 heterocycles. The van der Waals surface area contributed by atoms with Crippen molar-refractivity contribution in [3.63, 3.8) is 0 Å². The number of hydrogen-bond donors (Lipinski definition) is 2. The van der Waals surface area contributed by atoms with Crippen molar-refractivity contribution in [2.45, 2.75) is 25.0 Å². The number of benzene rings is 1. The van der Waals surface area contributed by atoms with Crippen LogP contribution in [0.1, 0.15) is 24.5 Å². The fraction of sp³-hybridized carbons (Fsp3) is 0.538. The van der Waals surface area contributed by atoms with Gasteiger partial charge < -0.3 is 10.2 Å². The summed E-state index contributed by atoms with van der Waals surface area (Å²) in [7, 11) is 0. The van der Waals surface area contributed by atoms with Crippen molar-refractivity contribution >= 4 is 0 Å². The first-order valence-corrected chi connectivity index (χ1v) is 5.89. The molecule has 0 amide bonds.